The largest absolute Gasteiger partial charge is 0.342 e. The second kappa shape index (κ2) is 10.4. The van der Waals surface area contributed by atoms with Crippen LogP contribution in [0, 0.1) is 10.1 Å². The number of carbonyl (C=O) groups is 2. The number of likely N-dealkylation sites (tertiary alicyclic amines) is 1. The third-order valence-corrected chi connectivity index (χ3v) is 7.77. The summed E-state index contributed by atoms with van der Waals surface area (Å²) in [6.07, 6.45) is 3.19. The Hall–Kier alpha value is -4.37. The van der Waals surface area contributed by atoms with Crippen LogP contribution in [-0.4, -0.2) is 47.0 Å². The number of nitro groups is 1. The van der Waals surface area contributed by atoms with Crippen LogP contribution in [0.15, 0.2) is 65.7 Å². The van der Waals surface area contributed by atoms with Gasteiger partial charge < -0.3 is 15.5 Å². The Bertz CT molecular complexity index is 1500. The monoisotopic (exact) mass is 523 g/mol. The highest BCUT2D eigenvalue weighted by molar-refractivity contribution is 6.24. The second-order valence-electron chi connectivity index (χ2n) is 10.3. The van der Waals surface area contributed by atoms with Crippen LogP contribution in [0.2, 0.25) is 0 Å². The van der Waals surface area contributed by atoms with Crippen molar-refractivity contribution in [2.75, 3.05) is 25.0 Å². The van der Waals surface area contributed by atoms with Crippen molar-refractivity contribution in [3.8, 4) is 0 Å². The first kappa shape index (κ1) is 24.9. The molecule has 198 valence electrons. The van der Waals surface area contributed by atoms with Crippen molar-refractivity contribution in [1.82, 2.24) is 10.2 Å². The van der Waals surface area contributed by atoms with E-state index in [2.05, 4.69) is 22.8 Å². The van der Waals surface area contributed by atoms with Gasteiger partial charge in [-0.25, -0.2) is 0 Å². The highest BCUT2D eigenvalue weighted by Gasteiger charge is 2.36. The van der Waals surface area contributed by atoms with Crippen molar-refractivity contribution in [2.45, 2.75) is 38.1 Å². The standard InChI is InChI=1S/C30H29N5O4/c36-27-2-1-14-34(27)15-12-19-3-5-20(6-4-19)29(32-23-8-7-22-18-31-13-11-21(22)16-23)28-25-17-24(35(38)39)9-10-26(25)33-30(28)37/h3-10,16-17,28,31H,1-2,11-15,18H2,(H,33,37). The molecule has 1 fully saturated rings. The molecule has 0 bridgehead atoms. The van der Waals surface area contributed by atoms with Crippen LogP contribution < -0.4 is 10.6 Å². The number of nitro benzene ring substituents is 1. The summed E-state index contributed by atoms with van der Waals surface area (Å²) in [6, 6.07) is 18.4. The highest BCUT2D eigenvalue weighted by atomic mass is 16.6. The molecule has 0 spiro atoms. The van der Waals surface area contributed by atoms with Crippen LogP contribution in [0.25, 0.3) is 0 Å². The molecule has 2 N–H and O–H groups in total. The van der Waals surface area contributed by atoms with E-state index in [0.29, 0.717) is 29.9 Å². The van der Waals surface area contributed by atoms with Gasteiger partial charge in [0.25, 0.3) is 5.69 Å². The number of aliphatic imine (C=N–C) groups is 1. The molecule has 3 aliphatic rings. The van der Waals surface area contributed by atoms with Gasteiger partial charge in [0.05, 0.1) is 16.3 Å². The third kappa shape index (κ3) is 5.05. The van der Waals surface area contributed by atoms with Gasteiger partial charge >= 0.3 is 0 Å². The number of non-ortho nitro benzene ring substituents is 1. The molecular formula is C30H29N5O4. The van der Waals surface area contributed by atoms with Crippen molar-refractivity contribution >= 4 is 34.6 Å². The predicted molar refractivity (Wildman–Crippen MR) is 148 cm³/mol. The summed E-state index contributed by atoms with van der Waals surface area (Å²) in [6.45, 7) is 3.22. The third-order valence-electron chi connectivity index (χ3n) is 7.77. The van der Waals surface area contributed by atoms with Crippen molar-refractivity contribution in [1.29, 1.82) is 0 Å². The van der Waals surface area contributed by atoms with Crippen LogP contribution in [-0.2, 0) is 29.0 Å². The first-order chi connectivity index (χ1) is 19.0. The van der Waals surface area contributed by atoms with Gasteiger partial charge in [0.15, 0.2) is 0 Å². The molecule has 0 aromatic heterocycles. The second-order valence-corrected chi connectivity index (χ2v) is 10.3. The maximum Gasteiger partial charge on any atom is 0.269 e. The Kier molecular flexibility index (Phi) is 6.66. The molecule has 39 heavy (non-hydrogen) atoms. The first-order valence-corrected chi connectivity index (χ1v) is 13.3. The SMILES string of the molecule is O=C1Nc2ccc([N+](=O)[O-])cc2C1C(=Nc1ccc2c(c1)CCNC2)c1ccc(CCN2CCCC2=O)cc1. The summed E-state index contributed by atoms with van der Waals surface area (Å²) >= 11 is 0. The van der Waals surface area contributed by atoms with Gasteiger partial charge in [-0.15, -0.1) is 0 Å². The Morgan fingerprint density at radius 1 is 1.03 bits per heavy atom. The number of nitrogens with zero attached hydrogens (tertiary/aromatic N) is 3. The minimum atomic E-state index is -0.786. The van der Waals surface area contributed by atoms with E-state index in [0.717, 1.165) is 55.7 Å². The molecular weight excluding hydrogens is 494 g/mol. The quantitative estimate of drug-likeness (QED) is 0.273. The fourth-order valence-electron chi connectivity index (χ4n) is 5.65. The van der Waals surface area contributed by atoms with E-state index >= 15 is 0 Å². The summed E-state index contributed by atoms with van der Waals surface area (Å²) in [5, 5.41) is 17.8. The Labute approximate surface area is 226 Å². The van der Waals surface area contributed by atoms with Crippen molar-refractivity contribution < 1.29 is 14.5 Å². The zero-order chi connectivity index (χ0) is 26.9. The summed E-state index contributed by atoms with van der Waals surface area (Å²) in [4.78, 5) is 43.2. The van der Waals surface area contributed by atoms with Gasteiger partial charge in [0.2, 0.25) is 11.8 Å². The number of hydrogen-bond acceptors (Lipinski definition) is 6. The van der Waals surface area contributed by atoms with Crippen molar-refractivity contribution in [3.05, 3.63) is 98.6 Å². The summed E-state index contributed by atoms with van der Waals surface area (Å²) < 4.78 is 0. The van der Waals surface area contributed by atoms with Gasteiger partial charge in [-0.05, 0) is 66.3 Å². The zero-order valence-corrected chi connectivity index (χ0v) is 21.5. The van der Waals surface area contributed by atoms with Crippen molar-refractivity contribution in [3.63, 3.8) is 0 Å². The molecule has 6 rings (SSSR count). The van der Waals surface area contributed by atoms with Crippen molar-refractivity contribution in [2.24, 2.45) is 4.99 Å². The van der Waals surface area contributed by atoms with Gasteiger partial charge in [0, 0.05) is 49.4 Å². The Balaban J connectivity index is 1.37. The number of amides is 2. The number of anilines is 1. The van der Waals surface area contributed by atoms with E-state index in [9.17, 15) is 19.7 Å². The van der Waals surface area contributed by atoms with E-state index in [1.54, 1.807) is 6.07 Å². The maximum atomic E-state index is 13.3. The molecule has 3 aromatic carbocycles. The van der Waals surface area contributed by atoms with Crippen LogP contribution in [0.4, 0.5) is 17.1 Å². The highest BCUT2D eigenvalue weighted by Crippen LogP contribution is 2.38. The molecule has 1 saturated heterocycles. The number of hydrogen-bond donors (Lipinski definition) is 2. The Morgan fingerprint density at radius 2 is 1.87 bits per heavy atom. The number of benzene rings is 3. The molecule has 1 unspecified atom stereocenters. The fourth-order valence-corrected chi connectivity index (χ4v) is 5.65. The van der Waals surface area contributed by atoms with E-state index in [-0.39, 0.29) is 17.5 Å². The van der Waals surface area contributed by atoms with Gasteiger partial charge in [-0.3, -0.25) is 24.7 Å². The lowest BCUT2D eigenvalue weighted by Gasteiger charge is -2.18. The molecule has 1 atom stereocenters. The van der Waals surface area contributed by atoms with Crippen LogP contribution >= 0.6 is 0 Å². The minimum absolute atomic E-state index is 0.0670. The molecule has 9 nitrogen and oxygen atoms in total. The molecule has 3 aromatic rings. The first-order valence-electron chi connectivity index (χ1n) is 13.3. The zero-order valence-electron chi connectivity index (χ0n) is 21.5. The van der Waals surface area contributed by atoms with E-state index < -0.39 is 10.8 Å². The van der Waals surface area contributed by atoms with Gasteiger partial charge in [0.1, 0.15) is 5.92 Å². The topological polar surface area (TPSA) is 117 Å². The lowest BCUT2D eigenvalue weighted by Crippen LogP contribution is -2.26. The molecule has 0 radical (unpaired) electrons. The average molecular weight is 524 g/mol. The fraction of sp³-hybridized carbons (Fsp3) is 0.300. The molecule has 9 heteroatoms. The molecule has 2 amide bonds. The minimum Gasteiger partial charge on any atom is -0.342 e. The lowest BCUT2D eigenvalue weighted by atomic mass is 9.89. The van der Waals surface area contributed by atoms with Crippen LogP contribution in [0.5, 0.6) is 0 Å². The number of nitrogens with one attached hydrogen (secondary N) is 2. The molecule has 0 aliphatic carbocycles. The maximum absolute atomic E-state index is 13.3. The lowest BCUT2D eigenvalue weighted by molar-refractivity contribution is -0.384. The number of carbonyl (C=O) groups excluding carboxylic acids is 2. The van der Waals surface area contributed by atoms with Gasteiger partial charge in [-0.1, -0.05) is 30.3 Å². The summed E-state index contributed by atoms with van der Waals surface area (Å²) in [5.74, 6) is -0.837. The summed E-state index contributed by atoms with van der Waals surface area (Å²) in [5.41, 5.74) is 6.66. The Morgan fingerprint density at radius 3 is 2.64 bits per heavy atom. The van der Waals surface area contributed by atoms with Gasteiger partial charge in [-0.2, -0.15) is 0 Å². The molecule has 3 aliphatic heterocycles. The van der Waals surface area contributed by atoms with Crippen LogP contribution in [0.3, 0.4) is 0 Å². The smallest absolute Gasteiger partial charge is 0.269 e. The molecule has 3 heterocycles. The average Bonchev–Trinajstić information content (AvgIpc) is 3.51. The molecule has 0 saturated carbocycles. The number of rotatable bonds is 7. The normalized spacial score (nSPS) is 18.6. The number of fused-ring (bicyclic) bond motifs is 2. The van der Waals surface area contributed by atoms with E-state index in [1.807, 2.05) is 35.2 Å². The van der Waals surface area contributed by atoms with E-state index in [1.165, 1.54) is 23.3 Å². The van der Waals surface area contributed by atoms with Crippen LogP contribution in [0.1, 0.15) is 46.6 Å². The summed E-state index contributed by atoms with van der Waals surface area (Å²) in [7, 11) is 0. The predicted octanol–water partition coefficient (Wildman–Crippen LogP) is 4.26. The van der Waals surface area contributed by atoms with E-state index in [4.69, 9.17) is 4.99 Å².